The molecular formula is C6H12InO2. The van der Waals surface area contributed by atoms with Crippen molar-refractivity contribution in [1.82, 2.24) is 0 Å². The number of methoxy groups -OCH3 is 1. The summed E-state index contributed by atoms with van der Waals surface area (Å²) in [6.45, 7) is 5.45. The summed E-state index contributed by atoms with van der Waals surface area (Å²) in [6.07, 6.45) is 0. The first-order valence-electron chi connectivity index (χ1n) is 2.57. The maximum atomic E-state index is 10.6. The van der Waals surface area contributed by atoms with Gasteiger partial charge in [0.25, 0.3) is 0 Å². The quantitative estimate of drug-likeness (QED) is 0.577. The largest absolute Gasteiger partial charge is 0.469 e. The summed E-state index contributed by atoms with van der Waals surface area (Å²) < 4.78 is 4.48. The van der Waals surface area contributed by atoms with Crippen LogP contribution in [-0.2, 0) is 9.53 Å². The number of carbonyl (C=O) groups excluding carboxylic acids is 1. The Labute approximate surface area is 74.7 Å². The van der Waals surface area contributed by atoms with E-state index in [1.54, 1.807) is 0 Å². The van der Waals surface area contributed by atoms with E-state index < -0.39 is 0 Å². The van der Waals surface area contributed by atoms with Crippen LogP contribution >= 0.6 is 0 Å². The van der Waals surface area contributed by atoms with Crippen molar-refractivity contribution in [2.75, 3.05) is 7.11 Å². The molecule has 0 rings (SSSR count). The van der Waals surface area contributed by atoms with Crippen LogP contribution in [0.4, 0.5) is 0 Å². The second kappa shape index (κ2) is 4.20. The zero-order valence-electron chi connectivity index (χ0n) is 6.39. The topological polar surface area (TPSA) is 26.3 Å². The molecule has 0 fully saturated rings. The normalized spacial score (nSPS) is 9.78. The van der Waals surface area contributed by atoms with Crippen LogP contribution in [0.15, 0.2) is 0 Å². The maximum Gasteiger partial charge on any atom is 0.310 e. The molecule has 0 spiro atoms. The molecule has 0 aromatic carbocycles. The Hall–Kier alpha value is 0.340. The molecule has 0 aromatic rings. The minimum atomic E-state index is -0.352. The van der Waals surface area contributed by atoms with Crippen molar-refractivity contribution in [1.29, 1.82) is 0 Å². The van der Waals surface area contributed by atoms with Gasteiger partial charge in [0.15, 0.2) is 0 Å². The van der Waals surface area contributed by atoms with E-state index in [1.165, 1.54) is 7.11 Å². The molecule has 0 heterocycles. The number of ether oxygens (including phenoxy) is 1. The first-order valence-corrected chi connectivity index (χ1v) is 2.57. The molecule has 0 aliphatic rings. The van der Waals surface area contributed by atoms with Gasteiger partial charge in [0, 0.05) is 25.8 Å². The molecule has 0 aliphatic heterocycles. The third-order valence-electron chi connectivity index (χ3n) is 0.798. The van der Waals surface area contributed by atoms with Crippen LogP contribution in [0.5, 0.6) is 0 Å². The SMILES string of the molecule is COC(=O)C(C)(C)C.[In]. The van der Waals surface area contributed by atoms with Crippen molar-refractivity contribution in [3.05, 3.63) is 0 Å². The van der Waals surface area contributed by atoms with Gasteiger partial charge in [-0.2, -0.15) is 0 Å². The van der Waals surface area contributed by atoms with Gasteiger partial charge in [-0.25, -0.2) is 0 Å². The molecule has 0 bridgehead atoms. The molecule has 3 heteroatoms. The minimum absolute atomic E-state index is 0. The summed E-state index contributed by atoms with van der Waals surface area (Å²) >= 11 is 0. The molecule has 0 aliphatic carbocycles. The summed E-state index contributed by atoms with van der Waals surface area (Å²) in [6, 6.07) is 0. The Morgan fingerprint density at radius 3 is 1.67 bits per heavy atom. The number of hydrogen-bond donors (Lipinski definition) is 0. The Balaban J connectivity index is 0. The molecular weight excluding hydrogens is 219 g/mol. The fourth-order valence-electron chi connectivity index (χ4n) is 0.306. The molecule has 0 saturated carbocycles. The van der Waals surface area contributed by atoms with E-state index in [0.29, 0.717) is 0 Å². The van der Waals surface area contributed by atoms with E-state index in [1.807, 2.05) is 20.8 Å². The van der Waals surface area contributed by atoms with E-state index in [9.17, 15) is 4.79 Å². The third kappa shape index (κ3) is 4.82. The number of carbonyl (C=O) groups is 1. The van der Waals surface area contributed by atoms with Crippen molar-refractivity contribution in [2.45, 2.75) is 20.8 Å². The van der Waals surface area contributed by atoms with E-state index in [4.69, 9.17) is 0 Å². The molecule has 2 nitrogen and oxygen atoms in total. The van der Waals surface area contributed by atoms with E-state index >= 15 is 0 Å². The van der Waals surface area contributed by atoms with Crippen LogP contribution in [-0.4, -0.2) is 38.9 Å². The number of rotatable bonds is 0. The first-order chi connectivity index (χ1) is 3.48. The number of hydrogen-bond acceptors (Lipinski definition) is 2. The molecule has 0 N–H and O–H groups in total. The Morgan fingerprint density at radius 1 is 1.33 bits per heavy atom. The fourth-order valence-corrected chi connectivity index (χ4v) is 0.306. The van der Waals surface area contributed by atoms with Gasteiger partial charge in [0.1, 0.15) is 0 Å². The average Bonchev–Trinajstić information content (AvgIpc) is 1.62. The summed E-state index contributed by atoms with van der Waals surface area (Å²) in [5.41, 5.74) is -0.352. The Kier molecular flexibility index (Phi) is 5.63. The van der Waals surface area contributed by atoms with Crippen LogP contribution < -0.4 is 0 Å². The van der Waals surface area contributed by atoms with E-state index in [0.717, 1.165) is 0 Å². The van der Waals surface area contributed by atoms with Crippen LogP contribution in [0.1, 0.15) is 20.8 Å². The average molecular weight is 231 g/mol. The van der Waals surface area contributed by atoms with Crippen LogP contribution in [0, 0.1) is 5.41 Å². The molecule has 0 atom stereocenters. The Bertz CT molecular complexity index is 93.7. The second-order valence-electron chi connectivity index (χ2n) is 2.74. The van der Waals surface area contributed by atoms with Gasteiger partial charge in [0.05, 0.1) is 12.5 Å². The van der Waals surface area contributed by atoms with Gasteiger partial charge in [0.2, 0.25) is 0 Å². The fraction of sp³-hybridized carbons (Fsp3) is 0.833. The monoisotopic (exact) mass is 231 g/mol. The Morgan fingerprint density at radius 2 is 1.67 bits per heavy atom. The van der Waals surface area contributed by atoms with Gasteiger partial charge in [-0.05, 0) is 20.8 Å². The minimum Gasteiger partial charge on any atom is -0.469 e. The van der Waals surface area contributed by atoms with Crippen molar-refractivity contribution in [3.8, 4) is 0 Å². The van der Waals surface area contributed by atoms with Crippen molar-refractivity contribution in [3.63, 3.8) is 0 Å². The molecule has 0 unspecified atom stereocenters. The molecule has 3 radical (unpaired) electrons. The van der Waals surface area contributed by atoms with Gasteiger partial charge >= 0.3 is 5.97 Å². The zero-order valence-corrected chi connectivity index (χ0v) is 9.69. The van der Waals surface area contributed by atoms with E-state index in [2.05, 4.69) is 4.74 Å². The molecule has 9 heavy (non-hydrogen) atoms. The molecule has 51 valence electrons. The summed E-state index contributed by atoms with van der Waals surface area (Å²) in [5, 5.41) is 0. The van der Waals surface area contributed by atoms with Gasteiger partial charge in [-0.1, -0.05) is 0 Å². The van der Waals surface area contributed by atoms with Gasteiger partial charge in [-0.3, -0.25) is 4.79 Å². The summed E-state index contributed by atoms with van der Waals surface area (Å²) in [5.74, 6) is -0.169. The zero-order chi connectivity index (χ0) is 6.78. The standard InChI is InChI=1S/C6H12O2.In/c1-6(2,3)5(7)8-4;/h1-4H3;. The van der Waals surface area contributed by atoms with Gasteiger partial charge < -0.3 is 4.74 Å². The second-order valence-corrected chi connectivity index (χ2v) is 2.74. The predicted octanol–water partition coefficient (Wildman–Crippen LogP) is 0.825. The predicted molar refractivity (Wildman–Crippen MR) is 37.2 cm³/mol. The molecule has 0 saturated heterocycles. The van der Waals surface area contributed by atoms with Crippen LogP contribution in [0.25, 0.3) is 0 Å². The first kappa shape index (κ1) is 12.1. The number of esters is 1. The maximum absolute atomic E-state index is 10.6. The van der Waals surface area contributed by atoms with Crippen LogP contribution in [0.2, 0.25) is 0 Å². The van der Waals surface area contributed by atoms with E-state index in [-0.39, 0.29) is 37.2 Å². The summed E-state index contributed by atoms with van der Waals surface area (Å²) in [4.78, 5) is 10.6. The van der Waals surface area contributed by atoms with Gasteiger partial charge in [-0.15, -0.1) is 0 Å². The summed E-state index contributed by atoms with van der Waals surface area (Å²) in [7, 11) is 1.40. The molecule has 0 amide bonds. The van der Waals surface area contributed by atoms with Crippen molar-refractivity contribution >= 4 is 31.8 Å². The molecule has 0 aromatic heterocycles. The van der Waals surface area contributed by atoms with Crippen LogP contribution in [0.3, 0.4) is 0 Å². The smallest absolute Gasteiger partial charge is 0.310 e. The van der Waals surface area contributed by atoms with Crippen molar-refractivity contribution < 1.29 is 9.53 Å². The third-order valence-corrected chi connectivity index (χ3v) is 0.798. The van der Waals surface area contributed by atoms with Crippen molar-refractivity contribution in [2.24, 2.45) is 5.41 Å².